The van der Waals surface area contributed by atoms with Crippen molar-refractivity contribution >= 4 is 15.9 Å². The van der Waals surface area contributed by atoms with Gasteiger partial charge >= 0.3 is 0 Å². The SMILES string of the molecule is COc1ccc(S(=O)(=O)NC(c2ccccc2)c2ccccc2C)cc1C(=O)N1CCC(C)CC1. The van der Waals surface area contributed by atoms with Crippen LogP contribution in [-0.2, 0) is 10.0 Å². The summed E-state index contributed by atoms with van der Waals surface area (Å²) in [4.78, 5) is 15.1. The number of sulfonamides is 1. The molecule has 1 unspecified atom stereocenters. The molecule has 0 spiro atoms. The number of ether oxygens (including phenoxy) is 1. The number of amides is 1. The Hall–Kier alpha value is -3.16. The summed E-state index contributed by atoms with van der Waals surface area (Å²) in [7, 11) is -2.48. The summed E-state index contributed by atoms with van der Waals surface area (Å²) < 4.78 is 35.5. The summed E-state index contributed by atoms with van der Waals surface area (Å²) in [6, 6.07) is 21.1. The molecular weight excluding hydrogens is 460 g/mol. The van der Waals surface area contributed by atoms with E-state index in [1.165, 1.54) is 19.2 Å². The third kappa shape index (κ3) is 5.57. The highest BCUT2D eigenvalue weighted by atomic mass is 32.2. The first-order valence-corrected chi connectivity index (χ1v) is 13.4. The van der Waals surface area contributed by atoms with Gasteiger partial charge in [0.2, 0.25) is 10.0 Å². The molecular formula is C28H32N2O4S. The van der Waals surface area contributed by atoms with E-state index in [-0.39, 0.29) is 16.4 Å². The number of likely N-dealkylation sites (tertiary alicyclic amines) is 1. The Labute approximate surface area is 208 Å². The number of hydrogen-bond donors (Lipinski definition) is 1. The molecule has 0 aliphatic carbocycles. The van der Waals surface area contributed by atoms with Crippen molar-refractivity contribution in [2.75, 3.05) is 20.2 Å². The number of piperidine rings is 1. The Bertz CT molecular complexity index is 1280. The summed E-state index contributed by atoms with van der Waals surface area (Å²) >= 11 is 0. The van der Waals surface area contributed by atoms with E-state index < -0.39 is 16.1 Å². The molecule has 1 amide bonds. The van der Waals surface area contributed by atoms with Gasteiger partial charge < -0.3 is 9.64 Å². The zero-order valence-corrected chi connectivity index (χ0v) is 21.2. The van der Waals surface area contributed by atoms with Gasteiger partial charge in [0.15, 0.2) is 0 Å². The molecule has 6 nitrogen and oxygen atoms in total. The van der Waals surface area contributed by atoms with Crippen LogP contribution in [0.25, 0.3) is 0 Å². The third-order valence-electron chi connectivity index (χ3n) is 6.69. The third-order valence-corrected chi connectivity index (χ3v) is 8.11. The van der Waals surface area contributed by atoms with Crippen molar-refractivity contribution in [2.24, 2.45) is 5.92 Å². The van der Waals surface area contributed by atoms with Gasteiger partial charge in [-0.15, -0.1) is 0 Å². The average molecular weight is 493 g/mol. The summed E-state index contributed by atoms with van der Waals surface area (Å²) in [5.74, 6) is 0.739. The summed E-state index contributed by atoms with van der Waals surface area (Å²) in [5, 5.41) is 0. The minimum Gasteiger partial charge on any atom is -0.496 e. The van der Waals surface area contributed by atoms with Crippen LogP contribution in [0.2, 0.25) is 0 Å². The van der Waals surface area contributed by atoms with Crippen molar-refractivity contribution < 1.29 is 17.9 Å². The van der Waals surface area contributed by atoms with E-state index in [0.717, 1.165) is 29.5 Å². The molecule has 1 aliphatic heterocycles. The number of rotatable bonds is 7. The fraction of sp³-hybridized carbons (Fsp3) is 0.321. The van der Waals surface area contributed by atoms with Crippen molar-refractivity contribution in [1.82, 2.24) is 9.62 Å². The number of nitrogens with one attached hydrogen (secondary N) is 1. The number of hydrogen-bond acceptors (Lipinski definition) is 4. The molecule has 7 heteroatoms. The Morgan fingerprint density at radius 3 is 2.31 bits per heavy atom. The lowest BCUT2D eigenvalue weighted by molar-refractivity contribution is 0.0693. The standard InChI is InChI=1S/C28H32N2O4S/c1-20-15-17-30(18-16-20)28(31)25-19-23(13-14-26(25)34-3)35(32,33)29-27(22-10-5-4-6-11-22)24-12-8-7-9-21(24)2/h4-14,19-20,27,29H,15-18H2,1-3H3. The molecule has 1 fully saturated rings. The Morgan fingerprint density at radius 2 is 1.66 bits per heavy atom. The first kappa shape index (κ1) is 24.9. The lowest BCUT2D eigenvalue weighted by atomic mass is 9.96. The largest absolute Gasteiger partial charge is 0.496 e. The van der Waals surface area contributed by atoms with Gasteiger partial charge in [-0.2, -0.15) is 4.72 Å². The predicted molar refractivity (Wildman–Crippen MR) is 137 cm³/mol. The molecule has 0 radical (unpaired) electrons. The lowest BCUT2D eigenvalue weighted by Crippen LogP contribution is -2.38. The number of aryl methyl sites for hydroxylation is 1. The normalized spacial score (nSPS) is 15.6. The summed E-state index contributed by atoms with van der Waals surface area (Å²) in [6.07, 6.45) is 1.87. The van der Waals surface area contributed by atoms with Crippen LogP contribution in [0.1, 0.15) is 52.9 Å². The molecule has 1 aliphatic rings. The monoisotopic (exact) mass is 492 g/mol. The molecule has 1 N–H and O–H groups in total. The maximum atomic E-state index is 13.6. The molecule has 1 saturated heterocycles. The zero-order chi connectivity index (χ0) is 25.0. The van der Waals surface area contributed by atoms with Crippen molar-refractivity contribution in [2.45, 2.75) is 37.6 Å². The number of carbonyl (C=O) groups is 1. The molecule has 0 bridgehead atoms. The van der Waals surface area contributed by atoms with E-state index in [0.29, 0.717) is 24.8 Å². The van der Waals surface area contributed by atoms with Crippen LogP contribution in [0, 0.1) is 12.8 Å². The lowest BCUT2D eigenvalue weighted by Gasteiger charge is -2.30. The summed E-state index contributed by atoms with van der Waals surface area (Å²) in [5.41, 5.74) is 2.94. The van der Waals surface area contributed by atoms with Crippen molar-refractivity contribution in [1.29, 1.82) is 0 Å². The summed E-state index contributed by atoms with van der Waals surface area (Å²) in [6.45, 7) is 5.45. The van der Waals surface area contributed by atoms with Gasteiger partial charge in [-0.25, -0.2) is 8.42 Å². The van der Waals surface area contributed by atoms with Crippen LogP contribution in [0.3, 0.4) is 0 Å². The zero-order valence-electron chi connectivity index (χ0n) is 20.4. The van der Waals surface area contributed by atoms with Crippen molar-refractivity contribution in [3.05, 3.63) is 95.1 Å². The van der Waals surface area contributed by atoms with E-state index >= 15 is 0 Å². The smallest absolute Gasteiger partial charge is 0.257 e. The first-order chi connectivity index (χ1) is 16.8. The quantitative estimate of drug-likeness (QED) is 0.507. The molecule has 0 saturated carbocycles. The number of carbonyl (C=O) groups excluding carboxylic acids is 1. The molecule has 1 heterocycles. The van der Waals surface area contributed by atoms with Gasteiger partial charge in [0.1, 0.15) is 5.75 Å². The Morgan fingerprint density at radius 1 is 1.00 bits per heavy atom. The van der Waals surface area contributed by atoms with Gasteiger partial charge in [0, 0.05) is 13.1 Å². The molecule has 3 aromatic rings. The maximum absolute atomic E-state index is 13.6. The number of benzene rings is 3. The van der Waals surface area contributed by atoms with Gasteiger partial charge in [-0.1, -0.05) is 61.5 Å². The van der Waals surface area contributed by atoms with Crippen LogP contribution in [0.4, 0.5) is 0 Å². The minimum atomic E-state index is -3.97. The van der Waals surface area contributed by atoms with E-state index in [1.807, 2.05) is 61.5 Å². The molecule has 35 heavy (non-hydrogen) atoms. The first-order valence-electron chi connectivity index (χ1n) is 11.9. The van der Waals surface area contributed by atoms with E-state index in [2.05, 4.69) is 11.6 Å². The van der Waals surface area contributed by atoms with Crippen LogP contribution < -0.4 is 9.46 Å². The molecule has 3 aromatic carbocycles. The van der Waals surface area contributed by atoms with Crippen LogP contribution in [0.5, 0.6) is 5.75 Å². The topological polar surface area (TPSA) is 75.7 Å². The van der Waals surface area contributed by atoms with E-state index in [9.17, 15) is 13.2 Å². The highest BCUT2D eigenvalue weighted by Gasteiger charge is 2.28. The van der Waals surface area contributed by atoms with Gasteiger partial charge in [-0.3, -0.25) is 4.79 Å². The Kier molecular flexibility index (Phi) is 7.57. The fourth-order valence-electron chi connectivity index (χ4n) is 4.49. The highest BCUT2D eigenvalue weighted by Crippen LogP contribution is 2.30. The van der Waals surface area contributed by atoms with Crippen LogP contribution in [0.15, 0.2) is 77.7 Å². The maximum Gasteiger partial charge on any atom is 0.257 e. The van der Waals surface area contributed by atoms with Gasteiger partial charge in [0.25, 0.3) is 5.91 Å². The number of methoxy groups -OCH3 is 1. The van der Waals surface area contributed by atoms with Gasteiger partial charge in [-0.05, 0) is 60.6 Å². The Balaban J connectivity index is 1.70. The average Bonchev–Trinajstić information content (AvgIpc) is 2.88. The fourth-order valence-corrected chi connectivity index (χ4v) is 5.72. The number of nitrogens with zero attached hydrogens (tertiary/aromatic N) is 1. The second-order valence-electron chi connectivity index (χ2n) is 9.16. The van der Waals surface area contributed by atoms with E-state index in [4.69, 9.17) is 4.74 Å². The second kappa shape index (κ2) is 10.6. The highest BCUT2D eigenvalue weighted by molar-refractivity contribution is 7.89. The van der Waals surface area contributed by atoms with Crippen molar-refractivity contribution in [3.8, 4) is 5.75 Å². The van der Waals surface area contributed by atoms with Crippen molar-refractivity contribution in [3.63, 3.8) is 0 Å². The molecule has 4 rings (SSSR count). The van der Waals surface area contributed by atoms with Crippen LogP contribution >= 0.6 is 0 Å². The second-order valence-corrected chi connectivity index (χ2v) is 10.9. The molecule has 184 valence electrons. The molecule has 0 aromatic heterocycles. The van der Waals surface area contributed by atoms with E-state index in [1.54, 1.807) is 11.0 Å². The minimum absolute atomic E-state index is 0.0292. The van der Waals surface area contributed by atoms with Gasteiger partial charge in [0.05, 0.1) is 23.6 Å². The molecule has 1 atom stereocenters. The predicted octanol–water partition coefficient (Wildman–Crippen LogP) is 4.94. The van der Waals surface area contributed by atoms with Crippen LogP contribution in [-0.4, -0.2) is 39.4 Å².